The Labute approximate surface area is 206 Å². The number of amides is 2. The summed E-state index contributed by atoms with van der Waals surface area (Å²) in [7, 11) is 4.00. The van der Waals surface area contributed by atoms with E-state index in [1.807, 2.05) is 55.4 Å². The number of anilines is 2. The molecular weight excluding hydrogens is 422 g/mol. The molecule has 0 bridgehead atoms. The van der Waals surface area contributed by atoms with Gasteiger partial charge in [0.25, 0.3) is 0 Å². The van der Waals surface area contributed by atoms with E-state index < -0.39 is 0 Å². The lowest BCUT2D eigenvalue weighted by molar-refractivity contribution is -0.136. The van der Waals surface area contributed by atoms with E-state index in [1.165, 1.54) is 0 Å². The molecule has 2 amide bonds. The van der Waals surface area contributed by atoms with Gasteiger partial charge in [-0.25, -0.2) is 0 Å². The Kier molecular flexibility index (Phi) is 8.93. The van der Waals surface area contributed by atoms with Crippen LogP contribution in [0.4, 0.5) is 11.4 Å². The largest absolute Gasteiger partial charge is 0.377 e. The number of hydrogen-bond acceptors (Lipinski definition) is 3. The minimum absolute atomic E-state index is 0.00521. The highest BCUT2D eigenvalue weighted by atomic mass is 16.2. The fraction of sp³-hybridized carbons (Fsp3) is 0.517. The molecule has 2 aromatic carbocycles. The zero-order valence-corrected chi connectivity index (χ0v) is 22.5. The predicted molar refractivity (Wildman–Crippen MR) is 143 cm³/mol. The van der Waals surface area contributed by atoms with Crippen LogP contribution in [0.5, 0.6) is 0 Å². The Hall–Kier alpha value is -2.82. The summed E-state index contributed by atoms with van der Waals surface area (Å²) >= 11 is 0. The maximum absolute atomic E-state index is 13.5. The number of nitrogens with zero attached hydrogens (tertiary/aromatic N) is 2. The average molecular weight is 466 g/mol. The quantitative estimate of drug-likeness (QED) is 0.475. The third-order valence-electron chi connectivity index (χ3n) is 5.63. The molecule has 2 rings (SSSR count). The van der Waals surface area contributed by atoms with Gasteiger partial charge in [0, 0.05) is 44.9 Å². The van der Waals surface area contributed by atoms with Crippen molar-refractivity contribution in [2.75, 3.05) is 24.3 Å². The highest BCUT2D eigenvalue weighted by Crippen LogP contribution is 2.31. The first kappa shape index (κ1) is 27.4. The topological polar surface area (TPSA) is 52.7 Å². The van der Waals surface area contributed by atoms with Crippen LogP contribution >= 0.6 is 0 Å². The second-order valence-electron chi connectivity index (χ2n) is 11.9. The molecule has 0 unspecified atom stereocenters. The first-order valence-corrected chi connectivity index (χ1v) is 12.1. The SMILES string of the molecule is C[C@@H](c1ccccc1)N(Cc1cc(NC(=O)CC(C)(C)C)ccc1N(C)C)C(=O)CC(C)(C)C. The van der Waals surface area contributed by atoms with E-state index in [9.17, 15) is 9.59 Å². The smallest absolute Gasteiger partial charge is 0.224 e. The van der Waals surface area contributed by atoms with Crippen LogP contribution in [0.3, 0.4) is 0 Å². The number of hydrogen-bond donors (Lipinski definition) is 1. The molecule has 0 aliphatic rings. The van der Waals surface area contributed by atoms with Crippen LogP contribution in [-0.2, 0) is 16.1 Å². The number of carbonyl (C=O) groups is 2. The summed E-state index contributed by atoms with van der Waals surface area (Å²) in [6.07, 6.45) is 0.905. The summed E-state index contributed by atoms with van der Waals surface area (Å²) in [6, 6.07) is 16.0. The van der Waals surface area contributed by atoms with E-state index >= 15 is 0 Å². The molecular formula is C29H43N3O2. The number of carbonyl (C=O) groups excluding carboxylic acids is 2. The number of benzene rings is 2. The van der Waals surface area contributed by atoms with Crippen LogP contribution in [0.1, 0.15) is 78.5 Å². The summed E-state index contributed by atoms with van der Waals surface area (Å²) in [5.74, 6) is 0.116. The maximum Gasteiger partial charge on any atom is 0.224 e. The van der Waals surface area contributed by atoms with Crippen LogP contribution < -0.4 is 10.2 Å². The lowest BCUT2D eigenvalue weighted by Crippen LogP contribution is -2.35. The molecule has 0 saturated carbocycles. The van der Waals surface area contributed by atoms with Gasteiger partial charge >= 0.3 is 0 Å². The van der Waals surface area contributed by atoms with Crippen molar-refractivity contribution in [3.63, 3.8) is 0 Å². The average Bonchev–Trinajstić information content (AvgIpc) is 2.69. The van der Waals surface area contributed by atoms with E-state index in [0.717, 1.165) is 22.5 Å². The summed E-state index contributed by atoms with van der Waals surface area (Å²) in [5.41, 5.74) is 3.69. The highest BCUT2D eigenvalue weighted by Gasteiger charge is 2.27. The molecule has 1 N–H and O–H groups in total. The Morgan fingerprint density at radius 2 is 1.47 bits per heavy atom. The molecule has 1 atom stereocenters. The van der Waals surface area contributed by atoms with Crippen molar-refractivity contribution in [3.05, 3.63) is 59.7 Å². The Balaban J connectivity index is 2.42. The van der Waals surface area contributed by atoms with Crippen molar-refractivity contribution in [2.45, 2.75) is 73.9 Å². The van der Waals surface area contributed by atoms with E-state index in [4.69, 9.17) is 0 Å². The lowest BCUT2D eigenvalue weighted by Gasteiger charge is -2.33. The standard InChI is InChI=1S/C29H43N3O2/c1-21(22-13-11-10-12-14-22)32(27(34)19-29(5,6)7)20-23-17-24(15-16-25(23)31(8)9)30-26(33)18-28(2,3)4/h10-17,21H,18-20H2,1-9H3,(H,30,33)/t21-/m0/s1. The summed E-state index contributed by atoms with van der Waals surface area (Å²) < 4.78 is 0. The van der Waals surface area contributed by atoms with Crippen molar-refractivity contribution in [1.82, 2.24) is 4.90 Å². The Morgan fingerprint density at radius 3 is 2.00 bits per heavy atom. The minimum atomic E-state index is -0.112. The van der Waals surface area contributed by atoms with Gasteiger partial charge in [0.05, 0.1) is 6.04 Å². The van der Waals surface area contributed by atoms with Crippen LogP contribution in [0.15, 0.2) is 48.5 Å². The summed E-state index contributed by atoms with van der Waals surface area (Å²) in [4.78, 5) is 30.1. The number of nitrogens with one attached hydrogen (secondary N) is 1. The van der Waals surface area contributed by atoms with Crippen LogP contribution in [0.2, 0.25) is 0 Å². The molecule has 0 aliphatic heterocycles. The van der Waals surface area contributed by atoms with E-state index in [1.54, 1.807) is 0 Å². The predicted octanol–water partition coefficient (Wildman–Crippen LogP) is 6.65. The molecule has 5 nitrogen and oxygen atoms in total. The molecule has 0 heterocycles. The summed E-state index contributed by atoms with van der Waals surface area (Å²) in [5, 5.41) is 3.05. The zero-order valence-electron chi connectivity index (χ0n) is 22.5. The van der Waals surface area contributed by atoms with E-state index in [0.29, 0.717) is 19.4 Å². The van der Waals surface area contributed by atoms with Crippen LogP contribution in [0.25, 0.3) is 0 Å². The zero-order chi connectivity index (χ0) is 25.7. The molecule has 2 aromatic rings. The summed E-state index contributed by atoms with van der Waals surface area (Å²) in [6.45, 7) is 15.0. The second kappa shape index (κ2) is 11.1. The van der Waals surface area contributed by atoms with Crippen molar-refractivity contribution in [1.29, 1.82) is 0 Å². The van der Waals surface area contributed by atoms with Gasteiger partial charge < -0.3 is 15.1 Å². The minimum Gasteiger partial charge on any atom is -0.377 e. The molecule has 0 spiro atoms. The number of rotatable bonds is 8. The molecule has 186 valence electrons. The Bertz CT molecular complexity index is 969. The molecule has 0 radical (unpaired) electrons. The third kappa shape index (κ3) is 8.51. The highest BCUT2D eigenvalue weighted by molar-refractivity contribution is 5.91. The van der Waals surface area contributed by atoms with Crippen LogP contribution in [0, 0.1) is 10.8 Å². The monoisotopic (exact) mass is 465 g/mol. The first-order valence-electron chi connectivity index (χ1n) is 12.1. The first-order chi connectivity index (χ1) is 15.7. The molecule has 0 saturated heterocycles. The van der Waals surface area contributed by atoms with Gasteiger partial charge in [0.2, 0.25) is 11.8 Å². The molecule has 0 fully saturated rings. The maximum atomic E-state index is 13.5. The van der Waals surface area contributed by atoms with Crippen LogP contribution in [-0.4, -0.2) is 30.8 Å². The fourth-order valence-electron chi connectivity index (χ4n) is 4.00. The van der Waals surface area contributed by atoms with Gasteiger partial charge in [0.15, 0.2) is 0 Å². The van der Waals surface area contributed by atoms with Gasteiger partial charge in [0.1, 0.15) is 0 Å². The van der Waals surface area contributed by atoms with Crippen molar-refractivity contribution in [3.8, 4) is 0 Å². The van der Waals surface area contributed by atoms with Gasteiger partial charge in [-0.2, -0.15) is 0 Å². The third-order valence-corrected chi connectivity index (χ3v) is 5.63. The van der Waals surface area contributed by atoms with E-state index in [2.05, 4.69) is 70.8 Å². The fourth-order valence-corrected chi connectivity index (χ4v) is 4.00. The normalized spacial score (nSPS) is 12.7. The second-order valence-corrected chi connectivity index (χ2v) is 11.9. The lowest BCUT2D eigenvalue weighted by atomic mass is 9.91. The Morgan fingerprint density at radius 1 is 0.882 bits per heavy atom. The molecule has 0 aromatic heterocycles. The van der Waals surface area contributed by atoms with Gasteiger partial charge in [-0.1, -0.05) is 71.9 Å². The molecule has 34 heavy (non-hydrogen) atoms. The van der Waals surface area contributed by atoms with Gasteiger partial charge in [-0.15, -0.1) is 0 Å². The molecule has 5 heteroatoms. The van der Waals surface area contributed by atoms with Crippen molar-refractivity contribution < 1.29 is 9.59 Å². The van der Waals surface area contributed by atoms with Crippen molar-refractivity contribution in [2.24, 2.45) is 10.8 Å². The van der Waals surface area contributed by atoms with Gasteiger partial charge in [-0.05, 0) is 47.1 Å². The van der Waals surface area contributed by atoms with Gasteiger partial charge in [-0.3, -0.25) is 9.59 Å². The molecule has 0 aliphatic carbocycles. The van der Waals surface area contributed by atoms with Crippen molar-refractivity contribution >= 4 is 23.2 Å². The van der Waals surface area contributed by atoms with E-state index in [-0.39, 0.29) is 28.7 Å².